The molecule has 2 heterocycles. The third kappa shape index (κ3) is 4.35. The molecule has 7 heteroatoms. The van der Waals surface area contributed by atoms with Gasteiger partial charge >= 0.3 is 0 Å². The molecule has 0 saturated heterocycles. The zero-order valence-corrected chi connectivity index (χ0v) is 23.3. The largest absolute Gasteiger partial charge is 0.507 e. The van der Waals surface area contributed by atoms with Crippen molar-refractivity contribution < 1.29 is 14.3 Å². The molecule has 2 aliphatic carbocycles. The van der Waals surface area contributed by atoms with Crippen molar-refractivity contribution in [3.8, 4) is 22.8 Å². The number of nitrogens with zero attached hydrogens (tertiary/aromatic N) is 3. The third-order valence-corrected chi connectivity index (χ3v) is 13.3. The number of phenolic OH excluding ortho intramolecular Hbond substituents is 1. The molecule has 1 saturated carbocycles. The summed E-state index contributed by atoms with van der Waals surface area (Å²) in [6, 6.07) is 4.41. The van der Waals surface area contributed by atoms with Gasteiger partial charge in [-0.2, -0.15) is 0 Å². The predicted molar refractivity (Wildman–Crippen MR) is 143 cm³/mol. The molecule has 35 heavy (non-hydrogen) atoms. The summed E-state index contributed by atoms with van der Waals surface area (Å²) in [6.45, 7) is 15.1. The molecule has 0 radical (unpaired) electrons. The summed E-state index contributed by atoms with van der Waals surface area (Å²) in [4.78, 5) is 2.40. The number of fused-ring (bicyclic) bond motifs is 2. The minimum absolute atomic E-state index is 0.182. The highest BCUT2D eigenvalue weighted by atomic mass is 28.4. The van der Waals surface area contributed by atoms with Gasteiger partial charge in [-0.05, 0) is 74.4 Å². The van der Waals surface area contributed by atoms with Crippen LogP contribution >= 0.6 is 0 Å². The molecule has 1 fully saturated rings. The lowest BCUT2D eigenvalue weighted by atomic mass is 9.91. The highest BCUT2D eigenvalue weighted by Crippen LogP contribution is 2.45. The van der Waals surface area contributed by atoms with Gasteiger partial charge in [0.2, 0.25) is 0 Å². The lowest BCUT2D eigenvalue weighted by molar-refractivity contribution is 0.108. The Hall–Kier alpha value is -2.12. The van der Waals surface area contributed by atoms with Gasteiger partial charge in [0.05, 0.1) is 18.7 Å². The summed E-state index contributed by atoms with van der Waals surface area (Å²) < 4.78 is 13.2. The maximum Gasteiger partial charge on any atom is 0.194 e. The van der Waals surface area contributed by atoms with Gasteiger partial charge < -0.3 is 19.2 Å². The van der Waals surface area contributed by atoms with Gasteiger partial charge in [0.1, 0.15) is 18.1 Å². The van der Waals surface area contributed by atoms with Crippen molar-refractivity contribution >= 4 is 14.1 Å². The zero-order chi connectivity index (χ0) is 25.0. The van der Waals surface area contributed by atoms with Crippen LogP contribution in [-0.4, -0.2) is 48.9 Å². The quantitative estimate of drug-likeness (QED) is 0.511. The third-order valence-electron chi connectivity index (χ3n) is 8.82. The van der Waals surface area contributed by atoms with E-state index in [4.69, 9.17) is 14.3 Å². The first kappa shape index (κ1) is 24.6. The number of hydrogen-bond acceptors (Lipinski definition) is 6. The van der Waals surface area contributed by atoms with Gasteiger partial charge in [-0.25, -0.2) is 0 Å². The van der Waals surface area contributed by atoms with Crippen molar-refractivity contribution in [3.63, 3.8) is 0 Å². The second-order valence-electron chi connectivity index (χ2n) is 12.1. The van der Waals surface area contributed by atoms with E-state index in [9.17, 15) is 5.11 Å². The Morgan fingerprint density at radius 1 is 1.09 bits per heavy atom. The average Bonchev–Trinajstić information content (AvgIpc) is 3.29. The molecule has 2 aromatic rings. The van der Waals surface area contributed by atoms with Crippen LogP contribution in [0.25, 0.3) is 11.3 Å². The van der Waals surface area contributed by atoms with Crippen molar-refractivity contribution in [3.05, 3.63) is 28.8 Å². The molecule has 0 bridgehead atoms. The van der Waals surface area contributed by atoms with Crippen LogP contribution in [0.1, 0.15) is 69.6 Å². The van der Waals surface area contributed by atoms with Crippen LogP contribution in [-0.2, 0) is 17.3 Å². The van der Waals surface area contributed by atoms with E-state index in [0.29, 0.717) is 12.4 Å². The lowest BCUT2D eigenvalue weighted by Gasteiger charge is -2.47. The number of ether oxygens (including phenoxy) is 1. The maximum absolute atomic E-state index is 11.0. The molecule has 1 aromatic heterocycles. The Morgan fingerprint density at radius 3 is 2.63 bits per heavy atom. The second-order valence-corrected chi connectivity index (χ2v) is 16.8. The van der Waals surface area contributed by atoms with Crippen molar-refractivity contribution in [1.82, 2.24) is 10.2 Å². The van der Waals surface area contributed by atoms with Crippen LogP contribution in [0.15, 0.2) is 12.1 Å². The van der Waals surface area contributed by atoms with E-state index in [-0.39, 0.29) is 17.2 Å². The van der Waals surface area contributed by atoms with Crippen molar-refractivity contribution in [2.24, 2.45) is 0 Å². The first-order chi connectivity index (χ1) is 16.6. The van der Waals surface area contributed by atoms with Crippen LogP contribution in [0, 0.1) is 6.92 Å². The van der Waals surface area contributed by atoms with E-state index in [1.165, 1.54) is 18.4 Å². The van der Waals surface area contributed by atoms with Crippen LogP contribution < -0.4 is 9.64 Å². The summed E-state index contributed by atoms with van der Waals surface area (Å²) in [5.41, 5.74) is 4.75. The Balaban J connectivity index is 1.48. The summed E-state index contributed by atoms with van der Waals surface area (Å²) in [5.74, 6) is 1.99. The molecular formula is C28H41N3O3Si. The minimum Gasteiger partial charge on any atom is -0.507 e. The molecule has 3 aliphatic rings. The number of anilines is 1. The number of benzene rings is 1. The number of phenols is 1. The molecule has 0 unspecified atom stereocenters. The Kier molecular flexibility index (Phi) is 6.37. The van der Waals surface area contributed by atoms with E-state index in [1.807, 2.05) is 13.0 Å². The molecular weight excluding hydrogens is 454 g/mol. The van der Waals surface area contributed by atoms with Crippen molar-refractivity contribution in [1.29, 1.82) is 0 Å². The Bertz CT molecular complexity index is 1110. The molecule has 1 N–H and O–H groups in total. The molecule has 2 atom stereocenters. The van der Waals surface area contributed by atoms with E-state index >= 15 is 0 Å². The van der Waals surface area contributed by atoms with Gasteiger partial charge in [0.25, 0.3) is 0 Å². The monoisotopic (exact) mass is 495 g/mol. The Morgan fingerprint density at radius 2 is 1.86 bits per heavy atom. The number of aromatic nitrogens is 2. The SMILES string of the molecule is Cc1c(-c2ccc3c(c2O)CCC3)nnc2c1OCCN2[C@@H]1CCCC[C@H]1O[Si](C)(C)C(C)(C)C. The number of aromatic hydroxyl groups is 1. The van der Waals surface area contributed by atoms with Gasteiger partial charge in [-0.15, -0.1) is 10.2 Å². The lowest BCUT2D eigenvalue weighted by Crippen LogP contribution is -2.55. The second kappa shape index (κ2) is 9.07. The maximum atomic E-state index is 11.0. The normalized spacial score (nSPS) is 22.5. The smallest absolute Gasteiger partial charge is 0.194 e. The minimum atomic E-state index is -1.89. The summed E-state index contributed by atoms with van der Waals surface area (Å²) in [5, 5.41) is 20.6. The van der Waals surface area contributed by atoms with Crippen LogP contribution in [0.4, 0.5) is 5.82 Å². The summed E-state index contributed by atoms with van der Waals surface area (Å²) in [7, 11) is -1.89. The van der Waals surface area contributed by atoms with E-state index < -0.39 is 8.32 Å². The van der Waals surface area contributed by atoms with Crippen molar-refractivity contribution in [2.45, 2.75) is 103 Å². The van der Waals surface area contributed by atoms with E-state index in [0.717, 1.165) is 72.6 Å². The number of hydrogen-bond donors (Lipinski definition) is 1. The molecule has 1 aromatic carbocycles. The van der Waals surface area contributed by atoms with Gasteiger partial charge in [-0.3, -0.25) is 0 Å². The molecule has 0 spiro atoms. The zero-order valence-electron chi connectivity index (χ0n) is 22.3. The average molecular weight is 496 g/mol. The first-order valence-corrected chi connectivity index (χ1v) is 16.3. The number of aryl methyl sites for hydroxylation is 1. The highest BCUT2D eigenvalue weighted by molar-refractivity contribution is 6.74. The van der Waals surface area contributed by atoms with Crippen LogP contribution in [0.3, 0.4) is 0 Å². The molecule has 5 rings (SSSR count). The predicted octanol–water partition coefficient (Wildman–Crippen LogP) is 6.18. The summed E-state index contributed by atoms with van der Waals surface area (Å²) >= 11 is 0. The van der Waals surface area contributed by atoms with E-state index in [1.54, 1.807) is 0 Å². The topological polar surface area (TPSA) is 67.7 Å². The molecule has 1 aliphatic heterocycles. The van der Waals surface area contributed by atoms with Gasteiger partial charge in [0, 0.05) is 11.1 Å². The molecule has 0 amide bonds. The standard InChI is InChI=1S/C28H41N3O3Si/c1-18-24(21-15-14-19-10-9-11-20(19)25(21)32)29-30-27-26(18)33-17-16-31(27)22-12-7-8-13-23(22)34-35(5,6)28(2,3)4/h14-15,22-23,32H,7-13,16-17H2,1-6H3/t22-,23-/m1/s1. The van der Waals surface area contributed by atoms with Crippen molar-refractivity contribution in [2.75, 3.05) is 18.1 Å². The molecule has 6 nitrogen and oxygen atoms in total. The fourth-order valence-electron chi connectivity index (χ4n) is 5.75. The fraction of sp³-hybridized carbons (Fsp3) is 0.643. The van der Waals surface area contributed by atoms with E-state index in [2.05, 4.69) is 49.9 Å². The van der Waals surface area contributed by atoms with Gasteiger partial charge in [0.15, 0.2) is 19.9 Å². The first-order valence-electron chi connectivity index (χ1n) is 13.4. The van der Waals surface area contributed by atoms with Crippen LogP contribution in [0.2, 0.25) is 18.1 Å². The number of rotatable bonds is 4. The highest BCUT2D eigenvalue weighted by Gasteiger charge is 2.43. The molecule has 190 valence electrons. The van der Waals surface area contributed by atoms with Crippen LogP contribution in [0.5, 0.6) is 11.5 Å². The Labute approximate surface area is 211 Å². The van der Waals surface area contributed by atoms with Gasteiger partial charge in [-0.1, -0.05) is 39.7 Å². The summed E-state index contributed by atoms with van der Waals surface area (Å²) in [6.07, 6.45) is 7.89. The fourth-order valence-corrected chi connectivity index (χ4v) is 7.13.